The van der Waals surface area contributed by atoms with Gasteiger partial charge in [-0.2, -0.15) is 0 Å². The van der Waals surface area contributed by atoms with Gasteiger partial charge in [-0.15, -0.1) is 0 Å². The third-order valence-corrected chi connectivity index (χ3v) is 17.8. The van der Waals surface area contributed by atoms with Crippen molar-refractivity contribution in [1.29, 1.82) is 0 Å². The maximum atomic E-state index is 17.0. The first-order chi connectivity index (χ1) is 37.6. The Balaban J connectivity index is 0.871. The van der Waals surface area contributed by atoms with E-state index in [1.807, 2.05) is 0 Å². The van der Waals surface area contributed by atoms with Gasteiger partial charge in [0.2, 0.25) is 17.7 Å². The van der Waals surface area contributed by atoms with E-state index in [1.54, 1.807) is 26.0 Å². The minimum Gasteiger partial charge on any atom is -0.387 e. The Morgan fingerprint density at radius 2 is 1.61 bits per heavy atom. The number of nitrogens with one attached hydrogen (secondary N) is 4. The zero-order valence-electron chi connectivity index (χ0n) is 42.2. The number of nitrogens with zero attached hydrogens (tertiary/aromatic N) is 7. The monoisotopic (exact) mass is 1160 g/mol. The summed E-state index contributed by atoms with van der Waals surface area (Å²) in [7, 11) is -5.32. The predicted molar refractivity (Wildman–Crippen MR) is 273 cm³/mol. The second-order valence-electron chi connectivity index (χ2n) is 19.1. The molecule has 4 aliphatic heterocycles. The quantitative estimate of drug-likeness (QED) is 0.0400. The van der Waals surface area contributed by atoms with Crippen LogP contribution in [0.1, 0.15) is 64.5 Å². The molecular weight excluding hydrogens is 1110 g/mol. The van der Waals surface area contributed by atoms with Gasteiger partial charge in [-0.25, -0.2) is 37.8 Å². The minimum atomic E-state index is -5.32. The number of phosphoric ester groups is 1. The van der Waals surface area contributed by atoms with Gasteiger partial charge >= 0.3 is 14.6 Å². The molecule has 3 saturated heterocycles. The van der Waals surface area contributed by atoms with Gasteiger partial charge in [-0.05, 0) is 54.8 Å². The second kappa shape index (κ2) is 23.8. The number of halogens is 2. The number of benzene rings is 1. The van der Waals surface area contributed by atoms with Gasteiger partial charge in [-0.3, -0.25) is 56.3 Å². The summed E-state index contributed by atoms with van der Waals surface area (Å²) in [4.78, 5) is 106. The fourth-order valence-corrected chi connectivity index (χ4v) is 13.4. The van der Waals surface area contributed by atoms with E-state index in [1.165, 1.54) is 31.2 Å². The molecule has 12 atom stereocenters. The van der Waals surface area contributed by atoms with Crippen LogP contribution in [0.2, 0.25) is 0 Å². The molecule has 9 rings (SSSR count). The number of imidazole rings is 1. The number of hydrogen-bond donors (Lipinski definition) is 7. The standard InChI is InChI=1S/C46H54F2N12O16P2S/c1-22(2)34(57-29(61)7-5-4-6-14-58-30(62)12-13-31(58)63)44(67)55-23(3)42(65)56-25-10-8-24(9-11-25)18-79-78(70)72-16-27-36(64)38(46(73-27)59-15-26(47)32-40(59)51-20-53-43(32)66)75-77(68,69)71-17-28-37(76-78)33(48)45(74-28)60-21-54-35-39(49)50-19-52-41(35)60/h8-13,15,19-23,27-28,33-34,36-38,45-46,64H,4-7,14,16-18H2,1-3H3,(H,55,67)(H,56,65)(H,57,61)(H,68,69)(H2,49,50,52)(H,51,53,66)/t23-,27+,28+,33-,34-,36?,37?,38-,45+,46+,78?/m0/s1. The number of imide groups is 1. The maximum absolute atomic E-state index is 17.0. The van der Waals surface area contributed by atoms with Crippen LogP contribution < -0.4 is 27.2 Å². The zero-order chi connectivity index (χ0) is 56.5. The number of rotatable bonds is 17. The highest BCUT2D eigenvalue weighted by Gasteiger charge is 2.55. The number of ether oxygens (including phenoxy) is 2. The number of aliphatic hydroxyl groups is 1. The lowest BCUT2D eigenvalue weighted by Crippen LogP contribution is -2.53. The van der Waals surface area contributed by atoms with Crippen LogP contribution in [-0.2, 0) is 66.4 Å². The largest absolute Gasteiger partial charge is 0.472 e. The molecule has 0 spiro atoms. The Morgan fingerprint density at radius 1 is 0.886 bits per heavy atom. The van der Waals surface area contributed by atoms with Crippen molar-refractivity contribution in [3.8, 4) is 0 Å². The summed E-state index contributed by atoms with van der Waals surface area (Å²) in [6.07, 6.45) is -6.37. The van der Waals surface area contributed by atoms with Gasteiger partial charge in [-0.1, -0.05) is 32.4 Å². The predicted octanol–water partition coefficient (Wildman–Crippen LogP) is 2.81. The SMILES string of the molecule is CC(C)[C@H](NC(=O)CCCCCN1C(=O)C=CC1=O)C(=O)N[C@@H](C)C(=O)Nc1ccc(CSP2(=O)OC[C@H]3O[C@@H](n4cc(F)c5c(=O)[nH]cnc54)[C@@H](OP(=O)(O)OC[C@H]4O[C@@H](n5cnc6c(N)ncnc65)[C@@H](F)C4O2)C3O)cc1. The molecule has 0 radical (unpaired) electrons. The number of aromatic nitrogens is 7. The molecule has 1 aromatic carbocycles. The van der Waals surface area contributed by atoms with Crippen molar-refractivity contribution in [3.63, 3.8) is 0 Å². The van der Waals surface area contributed by atoms with Gasteiger partial charge in [0.05, 0.1) is 25.9 Å². The second-order valence-corrected chi connectivity index (χ2v) is 24.5. The lowest BCUT2D eigenvalue weighted by Gasteiger charge is -2.27. The summed E-state index contributed by atoms with van der Waals surface area (Å²) < 4.78 is 97.8. The van der Waals surface area contributed by atoms with Crippen LogP contribution >= 0.6 is 26.0 Å². The molecule has 8 N–H and O–H groups in total. The third kappa shape index (κ3) is 12.7. The highest BCUT2D eigenvalue weighted by atomic mass is 32.7. The first kappa shape index (κ1) is 57.3. The number of carbonyl (C=O) groups is 5. The fourth-order valence-electron chi connectivity index (χ4n) is 9.06. The number of aliphatic hydroxyl groups excluding tert-OH is 1. The Bertz CT molecular complexity index is 3310. The number of anilines is 2. The van der Waals surface area contributed by atoms with Crippen LogP contribution in [0.5, 0.6) is 0 Å². The van der Waals surface area contributed by atoms with Crippen molar-refractivity contribution in [1.82, 2.24) is 49.6 Å². The molecule has 4 aromatic heterocycles. The number of nitrogen functional groups attached to an aromatic ring is 1. The first-order valence-electron chi connectivity index (χ1n) is 24.7. The molecule has 0 aliphatic carbocycles. The van der Waals surface area contributed by atoms with E-state index in [-0.39, 0.29) is 70.7 Å². The number of carbonyl (C=O) groups excluding carboxylic acids is 5. The summed E-state index contributed by atoms with van der Waals surface area (Å²) in [5.41, 5.74) is 5.68. The summed E-state index contributed by atoms with van der Waals surface area (Å²) in [6, 6.07) is 4.09. The number of unbranched alkanes of at least 4 members (excludes halogenated alkanes) is 2. The Morgan fingerprint density at radius 3 is 2.34 bits per heavy atom. The number of amides is 5. The number of aromatic amines is 1. The molecule has 8 heterocycles. The molecule has 5 aromatic rings. The van der Waals surface area contributed by atoms with E-state index in [9.17, 15) is 43.3 Å². The fraction of sp³-hybridized carbons (Fsp3) is 0.478. The summed E-state index contributed by atoms with van der Waals surface area (Å²) >= 11 is 0.571. The third-order valence-electron chi connectivity index (χ3n) is 13.2. The topological polar surface area (TPSA) is 375 Å². The first-order valence-corrected chi connectivity index (χ1v) is 29.3. The van der Waals surface area contributed by atoms with Crippen molar-refractivity contribution < 1.29 is 79.5 Å². The molecular formula is C46H54F2N12O16P2S. The van der Waals surface area contributed by atoms with Crippen molar-refractivity contribution in [2.24, 2.45) is 5.92 Å². The lowest BCUT2D eigenvalue weighted by atomic mass is 10.0. The molecule has 28 nitrogen and oxygen atoms in total. The van der Waals surface area contributed by atoms with E-state index < -0.39 is 118 Å². The molecule has 0 saturated carbocycles. The molecule has 5 amide bonds. The van der Waals surface area contributed by atoms with Crippen molar-refractivity contribution >= 4 is 89.2 Å². The number of fused-ring (bicyclic) bond motifs is 5. The highest BCUT2D eigenvalue weighted by Crippen LogP contribution is 2.65. The number of nitrogens with two attached hydrogens (primary N) is 1. The van der Waals surface area contributed by atoms with Crippen molar-refractivity contribution in [2.45, 2.75) is 113 Å². The van der Waals surface area contributed by atoms with Crippen LogP contribution in [0.15, 0.2) is 66.4 Å². The molecule has 4 aliphatic rings. The van der Waals surface area contributed by atoms with Crippen molar-refractivity contribution in [3.05, 3.63) is 83.3 Å². The van der Waals surface area contributed by atoms with Gasteiger partial charge < -0.3 is 50.7 Å². The van der Waals surface area contributed by atoms with Crippen LogP contribution in [0.4, 0.5) is 20.3 Å². The van der Waals surface area contributed by atoms with E-state index in [0.717, 1.165) is 39.2 Å². The Hall–Kier alpha value is -6.37. The number of alkyl halides is 1. The summed E-state index contributed by atoms with van der Waals surface area (Å²) in [5, 5.41) is 19.1. The molecule has 424 valence electrons. The molecule has 33 heteroatoms. The van der Waals surface area contributed by atoms with Gasteiger partial charge in [0.15, 0.2) is 41.6 Å². The van der Waals surface area contributed by atoms with Gasteiger partial charge in [0.25, 0.3) is 17.4 Å². The van der Waals surface area contributed by atoms with Crippen LogP contribution in [0.25, 0.3) is 22.2 Å². The van der Waals surface area contributed by atoms with E-state index in [0.29, 0.717) is 36.2 Å². The average Bonchev–Trinajstić information content (AvgIpc) is 4.41. The number of phosphoric acid groups is 1. The van der Waals surface area contributed by atoms with Gasteiger partial charge in [0.1, 0.15) is 59.8 Å². The van der Waals surface area contributed by atoms with Crippen molar-refractivity contribution in [2.75, 3.05) is 30.8 Å². The summed E-state index contributed by atoms with van der Waals surface area (Å²) in [6.45, 7) is -1.34. The van der Waals surface area contributed by atoms with E-state index >= 15 is 13.3 Å². The molecule has 3 fully saturated rings. The molecule has 79 heavy (non-hydrogen) atoms. The summed E-state index contributed by atoms with van der Waals surface area (Å²) in [5.74, 6) is -3.97. The maximum Gasteiger partial charge on any atom is 0.472 e. The highest BCUT2D eigenvalue weighted by molar-refractivity contribution is 8.54. The number of hydrogen-bond acceptors (Lipinski definition) is 21. The lowest BCUT2D eigenvalue weighted by molar-refractivity contribution is -0.137. The van der Waals surface area contributed by atoms with Crippen LogP contribution in [0.3, 0.4) is 0 Å². The average molecular weight is 1160 g/mol. The van der Waals surface area contributed by atoms with Gasteiger partial charge in [0, 0.05) is 42.8 Å². The smallest absolute Gasteiger partial charge is 0.387 e. The van der Waals surface area contributed by atoms with E-state index in [2.05, 4.69) is 40.9 Å². The molecule has 2 bridgehead atoms. The van der Waals surface area contributed by atoms with Crippen LogP contribution in [0, 0.1) is 11.7 Å². The molecule has 4 unspecified atom stereocenters. The van der Waals surface area contributed by atoms with E-state index in [4.69, 9.17) is 33.3 Å². The Labute approximate surface area is 450 Å². The number of H-pyrrole nitrogens is 1. The normalized spacial score (nSPS) is 28.1. The minimum absolute atomic E-state index is 0.0342. The van der Waals surface area contributed by atoms with Crippen LogP contribution in [-0.4, -0.2) is 147 Å². The zero-order valence-corrected chi connectivity index (χ0v) is 44.8. The Kier molecular flexibility index (Phi) is 17.2.